The van der Waals surface area contributed by atoms with Crippen LogP contribution in [-0.2, 0) is 11.2 Å². The van der Waals surface area contributed by atoms with Gasteiger partial charge in [0.05, 0.1) is 6.42 Å². The number of carbonyl (C=O) groups is 1. The largest absolute Gasteiger partial charge is 0.352 e. The third kappa shape index (κ3) is 3.61. The molecule has 2 atom stereocenters. The zero-order valence-corrected chi connectivity index (χ0v) is 15.9. The number of carbonyl (C=O) groups excluding carboxylic acids is 1. The van der Waals surface area contributed by atoms with Gasteiger partial charge in [-0.3, -0.25) is 9.69 Å². The van der Waals surface area contributed by atoms with Gasteiger partial charge in [0.15, 0.2) is 0 Å². The molecule has 1 aromatic carbocycles. The van der Waals surface area contributed by atoms with Crippen LogP contribution in [0.4, 0.5) is 0 Å². The molecule has 1 aromatic heterocycles. The van der Waals surface area contributed by atoms with Crippen LogP contribution >= 0.6 is 11.3 Å². The molecule has 2 heterocycles. The second kappa shape index (κ2) is 7.46. The summed E-state index contributed by atoms with van der Waals surface area (Å²) in [6.07, 6.45) is 8.08. The van der Waals surface area contributed by atoms with E-state index in [2.05, 4.69) is 41.4 Å². The lowest BCUT2D eigenvalue weighted by molar-refractivity contribution is -0.121. The maximum atomic E-state index is 12.8. The zero-order valence-electron chi connectivity index (χ0n) is 15.1. The SMILES string of the molecule is Cc1sc2ccccc2c1CC(=O)NC1CCCCC1N1CCCC1. The van der Waals surface area contributed by atoms with Crippen LogP contribution in [0, 0.1) is 6.92 Å². The van der Waals surface area contributed by atoms with Gasteiger partial charge in [0.1, 0.15) is 0 Å². The first-order chi connectivity index (χ1) is 12.2. The Morgan fingerprint density at radius 3 is 2.76 bits per heavy atom. The van der Waals surface area contributed by atoms with Crippen molar-refractivity contribution in [3.05, 3.63) is 34.7 Å². The van der Waals surface area contributed by atoms with Gasteiger partial charge in [0.2, 0.25) is 5.91 Å². The molecule has 2 aliphatic rings. The third-order valence-corrected chi connectivity index (χ3v) is 7.05. The summed E-state index contributed by atoms with van der Waals surface area (Å²) in [7, 11) is 0. The number of benzene rings is 1. The average Bonchev–Trinajstić information content (AvgIpc) is 3.24. The molecule has 1 amide bonds. The molecular weight excluding hydrogens is 328 g/mol. The number of amides is 1. The van der Waals surface area contributed by atoms with Gasteiger partial charge in [0, 0.05) is 21.7 Å². The van der Waals surface area contributed by atoms with Crippen molar-refractivity contribution in [2.24, 2.45) is 0 Å². The normalized spacial score (nSPS) is 24.7. The number of thiophene rings is 1. The van der Waals surface area contributed by atoms with E-state index in [0.29, 0.717) is 18.5 Å². The van der Waals surface area contributed by atoms with E-state index in [-0.39, 0.29) is 5.91 Å². The smallest absolute Gasteiger partial charge is 0.224 e. The van der Waals surface area contributed by atoms with Gasteiger partial charge in [-0.1, -0.05) is 31.0 Å². The molecule has 1 aliphatic carbocycles. The molecule has 25 heavy (non-hydrogen) atoms. The summed E-state index contributed by atoms with van der Waals surface area (Å²) in [5.74, 6) is 0.197. The van der Waals surface area contributed by atoms with Crippen LogP contribution in [0.5, 0.6) is 0 Å². The Bertz CT molecular complexity index is 747. The summed E-state index contributed by atoms with van der Waals surface area (Å²) in [6, 6.07) is 9.34. The van der Waals surface area contributed by atoms with E-state index in [1.807, 2.05) is 0 Å². The van der Waals surface area contributed by atoms with E-state index in [1.54, 1.807) is 11.3 Å². The predicted octanol–water partition coefficient (Wildman–Crippen LogP) is 4.28. The van der Waals surface area contributed by atoms with Crippen molar-refractivity contribution in [3.8, 4) is 0 Å². The molecule has 2 unspecified atom stereocenters. The lowest BCUT2D eigenvalue weighted by atomic mass is 9.89. The molecule has 1 aliphatic heterocycles. The van der Waals surface area contributed by atoms with Gasteiger partial charge in [-0.05, 0) is 62.7 Å². The van der Waals surface area contributed by atoms with Gasteiger partial charge >= 0.3 is 0 Å². The van der Waals surface area contributed by atoms with Gasteiger partial charge in [-0.15, -0.1) is 11.3 Å². The minimum Gasteiger partial charge on any atom is -0.352 e. The van der Waals surface area contributed by atoms with Crippen LogP contribution in [0.2, 0.25) is 0 Å². The molecule has 3 nitrogen and oxygen atoms in total. The van der Waals surface area contributed by atoms with Crippen LogP contribution in [0.1, 0.15) is 49.0 Å². The van der Waals surface area contributed by atoms with Gasteiger partial charge in [0.25, 0.3) is 0 Å². The summed E-state index contributed by atoms with van der Waals surface area (Å²) in [5.41, 5.74) is 1.21. The van der Waals surface area contributed by atoms with Gasteiger partial charge < -0.3 is 5.32 Å². The summed E-state index contributed by atoms with van der Waals surface area (Å²) in [6.45, 7) is 4.57. The van der Waals surface area contributed by atoms with Gasteiger partial charge in [-0.25, -0.2) is 0 Å². The van der Waals surface area contributed by atoms with E-state index >= 15 is 0 Å². The molecule has 0 radical (unpaired) electrons. The van der Waals surface area contributed by atoms with Crippen LogP contribution in [0.25, 0.3) is 10.1 Å². The molecule has 0 bridgehead atoms. The maximum Gasteiger partial charge on any atom is 0.224 e. The Balaban J connectivity index is 1.46. The van der Waals surface area contributed by atoms with E-state index < -0.39 is 0 Å². The van der Waals surface area contributed by atoms with Crippen LogP contribution in [-0.4, -0.2) is 36.0 Å². The van der Waals surface area contributed by atoms with E-state index in [9.17, 15) is 4.79 Å². The Morgan fingerprint density at radius 2 is 1.92 bits per heavy atom. The first-order valence-electron chi connectivity index (χ1n) is 9.73. The highest BCUT2D eigenvalue weighted by molar-refractivity contribution is 7.19. The number of hydrogen-bond acceptors (Lipinski definition) is 3. The molecule has 134 valence electrons. The monoisotopic (exact) mass is 356 g/mol. The lowest BCUT2D eigenvalue weighted by Gasteiger charge is -2.38. The second-order valence-electron chi connectivity index (χ2n) is 7.58. The number of nitrogens with zero attached hydrogens (tertiary/aromatic N) is 1. The summed E-state index contributed by atoms with van der Waals surface area (Å²) < 4.78 is 1.29. The number of nitrogens with one attached hydrogen (secondary N) is 1. The second-order valence-corrected chi connectivity index (χ2v) is 8.83. The molecule has 2 aromatic rings. The zero-order chi connectivity index (χ0) is 17.2. The molecule has 4 rings (SSSR count). The third-order valence-electron chi connectivity index (χ3n) is 5.92. The lowest BCUT2D eigenvalue weighted by Crippen LogP contribution is -2.52. The minimum atomic E-state index is 0.197. The number of likely N-dealkylation sites (tertiary alicyclic amines) is 1. The summed E-state index contributed by atoms with van der Waals surface area (Å²) in [5, 5.41) is 4.65. The van der Waals surface area contributed by atoms with Crippen molar-refractivity contribution in [2.75, 3.05) is 13.1 Å². The van der Waals surface area contributed by atoms with Crippen LogP contribution in [0.3, 0.4) is 0 Å². The quantitative estimate of drug-likeness (QED) is 0.887. The van der Waals surface area contributed by atoms with E-state index in [4.69, 9.17) is 0 Å². The molecule has 1 saturated heterocycles. The Hall–Kier alpha value is -1.39. The molecule has 1 saturated carbocycles. The fraction of sp³-hybridized carbons (Fsp3) is 0.571. The fourth-order valence-corrected chi connectivity index (χ4v) is 5.73. The molecule has 4 heteroatoms. The minimum absolute atomic E-state index is 0.197. The summed E-state index contributed by atoms with van der Waals surface area (Å²) in [4.78, 5) is 16.7. The Kier molecular flexibility index (Phi) is 5.09. The number of hydrogen-bond donors (Lipinski definition) is 1. The molecule has 1 N–H and O–H groups in total. The van der Waals surface area contributed by atoms with Crippen LogP contribution < -0.4 is 5.32 Å². The fourth-order valence-electron chi connectivity index (χ4n) is 4.65. The number of fused-ring (bicyclic) bond motifs is 1. The highest BCUT2D eigenvalue weighted by Gasteiger charge is 2.32. The van der Waals surface area contributed by atoms with E-state index in [0.717, 1.165) is 6.42 Å². The number of aryl methyl sites for hydroxylation is 1. The van der Waals surface area contributed by atoms with Crippen molar-refractivity contribution in [3.63, 3.8) is 0 Å². The topological polar surface area (TPSA) is 32.3 Å². The van der Waals surface area contributed by atoms with Crippen molar-refractivity contribution in [1.82, 2.24) is 10.2 Å². The molecule has 2 fully saturated rings. The maximum absolute atomic E-state index is 12.8. The first kappa shape index (κ1) is 17.0. The van der Waals surface area contributed by atoms with Crippen molar-refractivity contribution < 1.29 is 4.79 Å². The standard InChI is InChI=1S/C21H28N2OS/c1-15-17(16-8-2-5-11-20(16)25-15)14-21(24)22-18-9-3-4-10-19(18)23-12-6-7-13-23/h2,5,8,11,18-19H,3-4,6-7,9-10,12-14H2,1H3,(H,22,24). The van der Waals surface area contributed by atoms with Crippen molar-refractivity contribution >= 4 is 27.3 Å². The molecular formula is C21H28N2OS. The molecule has 0 spiro atoms. The Labute approximate surface area is 154 Å². The van der Waals surface area contributed by atoms with Crippen LogP contribution in [0.15, 0.2) is 24.3 Å². The van der Waals surface area contributed by atoms with Crippen molar-refractivity contribution in [1.29, 1.82) is 0 Å². The predicted molar refractivity (Wildman–Crippen MR) is 105 cm³/mol. The first-order valence-corrected chi connectivity index (χ1v) is 10.5. The van der Waals surface area contributed by atoms with Crippen molar-refractivity contribution in [2.45, 2.75) is 64.0 Å². The highest BCUT2D eigenvalue weighted by atomic mass is 32.1. The Morgan fingerprint density at radius 1 is 1.16 bits per heavy atom. The summed E-state index contributed by atoms with van der Waals surface area (Å²) >= 11 is 1.80. The van der Waals surface area contributed by atoms with E-state index in [1.165, 1.54) is 65.7 Å². The number of rotatable bonds is 4. The highest BCUT2D eigenvalue weighted by Crippen LogP contribution is 2.31. The average molecular weight is 357 g/mol. The van der Waals surface area contributed by atoms with Gasteiger partial charge in [-0.2, -0.15) is 0 Å².